The molecule has 3 heterocycles. The third-order valence-corrected chi connectivity index (χ3v) is 5.62. The first-order valence-electron chi connectivity index (χ1n) is 7.08. The fourth-order valence-corrected chi connectivity index (χ4v) is 4.28. The molecule has 96 valence electrons. The summed E-state index contributed by atoms with van der Waals surface area (Å²) in [6, 6.07) is 1.45. The van der Waals surface area contributed by atoms with Crippen molar-refractivity contribution in [3.63, 3.8) is 0 Å². The van der Waals surface area contributed by atoms with Gasteiger partial charge in [0.1, 0.15) is 0 Å². The van der Waals surface area contributed by atoms with Crippen molar-refractivity contribution in [3.05, 3.63) is 0 Å². The molecule has 0 amide bonds. The van der Waals surface area contributed by atoms with Crippen LogP contribution in [0.25, 0.3) is 0 Å². The van der Waals surface area contributed by atoms with Crippen LogP contribution < -0.4 is 5.32 Å². The number of aliphatic imine (C=N–C) groups is 1. The topological polar surface area (TPSA) is 27.6 Å². The number of piperidine rings is 1. The fourth-order valence-electron chi connectivity index (χ4n) is 3.28. The normalized spacial score (nSPS) is 37.9. The number of hydrogen-bond acceptors (Lipinski definition) is 4. The van der Waals surface area contributed by atoms with Crippen molar-refractivity contribution in [1.82, 2.24) is 10.2 Å². The molecule has 0 aliphatic carbocycles. The minimum Gasteiger partial charge on any atom is -0.361 e. The Morgan fingerprint density at radius 1 is 1.35 bits per heavy atom. The standard InChI is InChI=1S/C13H23N3S/c1-2-10-9-14-13(17-10)15-11-6-8-16-7-4-3-5-12(11)16/h10-12H,2-9H2,1H3,(H,14,15). The number of amidine groups is 1. The maximum Gasteiger partial charge on any atom is 0.157 e. The third-order valence-electron chi connectivity index (χ3n) is 4.34. The molecule has 2 saturated heterocycles. The molecule has 0 aromatic carbocycles. The smallest absolute Gasteiger partial charge is 0.157 e. The van der Waals surface area contributed by atoms with Gasteiger partial charge in [-0.3, -0.25) is 9.89 Å². The minimum absolute atomic E-state index is 0.664. The highest BCUT2D eigenvalue weighted by molar-refractivity contribution is 8.14. The molecule has 3 aliphatic rings. The van der Waals surface area contributed by atoms with Gasteiger partial charge in [0, 0.05) is 23.9 Å². The van der Waals surface area contributed by atoms with Gasteiger partial charge in [0.15, 0.2) is 5.17 Å². The molecule has 0 saturated carbocycles. The largest absolute Gasteiger partial charge is 0.361 e. The maximum atomic E-state index is 4.64. The Hall–Kier alpha value is -0.220. The maximum absolute atomic E-state index is 4.64. The van der Waals surface area contributed by atoms with Gasteiger partial charge in [0.05, 0.1) is 6.54 Å². The molecule has 0 aromatic heterocycles. The van der Waals surface area contributed by atoms with Gasteiger partial charge in [0.25, 0.3) is 0 Å². The van der Waals surface area contributed by atoms with Crippen LogP contribution in [0.2, 0.25) is 0 Å². The summed E-state index contributed by atoms with van der Waals surface area (Å²) in [4.78, 5) is 7.32. The van der Waals surface area contributed by atoms with Crippen LogP contribution >= 0.6 is 11.8 Å². The minimum atomic E-state index is 0.664. The summed E-state index contributed by atoms with van der Waals surface area (Å²) < 4.78 is 0. The molecular formula is C13H23N3S. The van der Waals surface area contributed by atoms with Gasteiger partial charge in [-0.2, -0.15) is 0 Å². The van der Waals surface area contributed by atoms with Crippen LogP contribution in [0, 0.1) is 0 Å². The molecule has 3 unspecified atom stereocenters. The average molecular weight is 253 g/mol. The van der Waals surface area contributed by atoms with Gasteiger partial charge < -0.3 is 5.32 Å². The van der Waals surface area contributed by atoms with Gasteiger partial charge in [-0.15, -0.1) is 0 Å². The van der Waals surface area contributed by atoms with Crippen LogP contribution in [-0.2, 0) is 0 Å². The van der Waals surface area contributed by atoms with E-state index in [1.165, 1.54) is 50.4 Å². The summed E-state index contributed by atoms with van der Waals surface area (Å²) in [6.07, 6.45) is 6.74. The molecule has 4 heteroatoms. The lowest BCUT2D eigenvalue weighted by atomic mass is 9.99. The van der Waals surface area contributed by atoms with Crippen molar-refractivity contribution in [3.8, 4) is 0 Å². The second kappa shape index (κ2) is 5.19. The van der Waals surface area contributed by atoms with Crippen molar-refractivity contribution in [1.29, 1.82) is 0 Å². The third kappa shape index (κ3) is 2.48. The van der Waals surface area contributed by atoms with Crippen molar-refractivity contribution in [2.45, 2.75) is 56.4 Å². The van der Waals surface area contributed by atoms with E-state index in [0.29, 0.717) is 6.04 Å². The second-order valence-electron chi connectivity index (χ2n) is 5.43. The molecular weight excluding hydrogens is 230 g/mol. The Morgan fingerprint density at radius 2 is 2.29 bits per heavy atom. The first kappa shape index (κ1) is 11.8. The molecule has 3 nitrogen and oxygen atoms in total. The van der Waals surface area contributed by atoms with E-state index < -0.39 is 0 Å². The fraction of sp³-hybridized carbons (Fsp3) is 0.923. The van der Waals surface area contributed by atoms with E-state index in [-0.39, 0.29) is 0 Å². The number of fused-ring (bicyclic) bond motifs is 1. The van der Waals surface area contributed by atoms with Crippen LogP contribution in [0.3, 0.4) is 0 Å². The zero-order valence-electron chi connectivity index (χ0n) is 10.7. The predicted octanol–water partition coefficient (Wildman–Crippen LogP) is 2.08. The number of thioether (sulfide) groups is 1. The molecule has 0 aromatic rings. The van der Waals surface area contributed by atoms with E-state index >= 15 is 0 Å². The van der Waals surface area contributed by atoms with Crippen LogP contribution in [0.5, 0.6) is 0 Å². The number of hydrogen-bond donors (Lipinski definition) is 1. The van der Waals surface area contributed by atoms with Crippen LogP contribution in [0.15, 0.2) is 4.99 Å². The van der Waals surface area contributed by atoms with Crippen molar-refractivity contribution < 1.29 is 0 Å². The van der Waals surface area contributed by atoms with E-state index in [2.05, 4.69) is 22.1 Å². The Morgan fingerprint density at radius 3 is 3.12 bits per heavy atom. The quantitative estimate of drug-likeness (QED) is 0.816. The van der Waals surface area contributed by atoms with Gasteiger partial charge >= 0.3 is 0 Å². The highest BCUT2D eigenvalue weighted by Gasteiger charge is 2.36. The molecule has 0 spiro atoms. The zero-order valence-corrected chi connectivity index (χ0v) is 11.5. The molecule has 3 aliphatic heterocycles. The van der Waals surface area contributed by atoms with Crippen molar-refractivity contribution >= 4 is 16.9 Å². The summed E-state index contributed by atoms with van der Waals surface area (Å²) in [7, 11) is 0. The summed E-state index contributed by atoms with van der Waals surface area (Å²) in [5.41, 5.74) is 0. The number of nitrogens with one attached hydrogen (secondary N) is 1. The second-order valence-corrected chi connectivity index (χ2v) is 6.72. The molecule has 0 radical (unpaired) electrons. The summed E-state index contributed by atoms with van der Waals surface area (Å²) in [5.74, 6) is 0. The first-order valence-corrected chi connectivity index (χ1v) is 7.96. The Labute approximate surface area is 108 Å². The van der Waals surface area contributed by atoms with Gasteiger partial charge in [0.2, 0.25) is 0 Å². The van der Waals surface area contributed by atoms with E-state index in [1.807, 2.05) is 11.8 Å². The van der Waals surface area contributed by atoms with E-state index in [4.69, 9.17) is 0 Å². The van der Waals surface area contributed by atoms with Crippen LogP contribution in [-0.4, -0.2) is 47.0 Å². The summed E-state index contributed by atoms with van der Waals surface area (Å²) in [5, 5.41) is 5.65. The summed E-state index contributed by atoms with van der Waals surface area (Å²) in [6.45, 7) is 5.89. The zero-order chi connectivity index (χ0) is 11.7. The predicted molar refractivity (Wildman–Crippen MR) is 74.7 cm³/mol. The van der Waals surface area contributed by atoms with Gasteiger partial charge in [-0.1, -0.05) is 25.1 Å². The number of rotatable bonds is 2. The van der Waals surface area contributed by atoms with Gasteiger partial charge in [-0.25, -0.2) is 0 Å². The van der Waals surface area contributed by atoms with Gasteiger partial charge in [-0.05, 0) is 32.2 Å². The lowest BCUT2D eigenvalue weighted by molar-refractivity contribution is 0.185. The highest BCUT2D eigenvalue weighted by atomic mass is 32.2. The Kier molecular flexibility index (Phi) is 3.61. The monoisotopic (exact) mass is 253 g/mol. The molecule has 3 atom stereocenters. The summed E-state index contributed by atoms with van der Waals surface area (Å²) >= 11 is 1.96. The SMILES string of the molecule is CCC1CN=C(NC2CCN3CCCCC23)S1. The van der Waals surface area contributed by atoms with E-state index in [0.717, 1.165) is 17.8 Å². The van der Waals surface area contributed by atoms with E-state index in [9.17, 15) is 0 Å². The lowest BCUT2D eigenvalue weighted by Crippen LogP contribution is -2.46. The van der Waals surface area contributed by atoms with Crippen LogP contribution in [0.1, 0.15) is 39.0 Å². The lowest BCUT2D eigenvalue weighted by Gasteiger charge is -2.32. The Balaban J connectivity index is 1.55. The molecule has 3 rings (SSSR count). The van der Waals surface area contributed by atoms with Crippen LogP contribution in [0.4, 0.5) is 0 Å². The Bertz CT molecular complexity index is 305. The molecule has 1 N–H and O–H groups in total. The highest BCUT2D eigenvalue weighted by Crippen LogP contribution is 2.29. The first-order chi connectivity index (χ1) is 8.36. The molecule has 0 bridgehead atoms. The van der Waals surface area contributed by atoms with Crippen molar-refractivity contribution in [2.75, 3.05) is 19.6 Å². The van der Waals surface area contributed by atoms with Crippen molar-refractivity contribution in [2.24, 2.45) is 4.99 Å². The van der Waals surface area contributed by atoms with E-state index in [1.54, 1.807) is 0 Å². The molecule has 2 fully saturated rings. The average Bonchev–Trinajstić information content (AvgIpc) is 2.97. The number of nitrogens with zero attached hydrogens (tertiary/aromatic N) is 2. The molecule has 17 heavy (non-hydrogen) atoms.